The van der Waals surface area contributed by atoms with Crippen molar-refractivity contribution in [2.75, 3.05) is 19.8 Å². The molecule has 0 fully saturated rings. The SMILES string of the molecule is CCCN(CCCF)C(=O)C1=Cc2ccc(Br)cc2N=C(N(C(=O)O)C(C)(C)C)C1. The van der Waals surface area contributed by atoms with E-state index in [-0.39, 0.29) is 24.6 Å². The van der Waals surface area contributed by atoms with Crippen LogP contribution in [0.15, 0.2) is 33.2 Å². The van der Waals surface area contributed by atoms with Crippen LogP contribution in [0, 0.1) is 0 Å². The molecule has 0 bridgehead atoms. The molecule has 2 amide bonds. The number of carboxylic acid groups (broad SMARTS) is 1. The van der Waals surface area contributed by atoms with Crippen molar-refractivity contribution in [1.29, 1.82) is 0 Å². The zero-order valence-electron chi connectivity index (χ0n) is 17.9. The molecule has 1 heterocycles. The van der Waals surface area contributed by atoms with E-state index < -0.39 is 18.3 Å². The van der Waals surface area contributed by atoms with Gasteiger partial charge in [0.2, 0.25) is 5.91 Å². The summed E-state index contributed by atoms with van der Waals surface area (Å²) >= 11 is 3.43. The molecule has 6 nitrogen and oxygen atoms in total. The van der Waals surface area contributed by atoms with Crippen molar-refractivity contribution in [1.82, 2.24) is 9.80 Å². The van der Waals surface area contributed by atoms with E-state index in [1.165, 1.54) is 4.90 Å². The van der Waals surface area contributed by atoms with Crippen LogP contribution in [0.2, 0.25) is 0 Å². The molecule has 0 aromatic heterocycles. The number of fused-ring (bicyclic) bond motifs is 1. The Bertz CT molecular complexity index is 862. The summed E-state index contributed by atoms with van der Waals surface area (Å²) in [6.45, 7) is 7.65. The molecule has 0 unspecified atom stereocenters. The second-order valence-corrected chi connectivity index (χ2v) is 9.12. The van der Waals surface area contributed by atoms with E-state index in [1.54, 1.807) is 37.8 Å². The normalized spacial score (nSPS) is 13.7. The van der Waals surface area contributed by atoms with E-state index in [0.29, 0.717) is 24.4 Å². The lowest BCUT2D eigenvalue weighted by atomic mass is 10.0. The number of carbonyl (C=O) groups is 2. The number of rotatable bonds is 6. The Morgan fingerprint density at radius 1 is 1.27 bits per heavy atom. The molecule has 2 rings (SSSR count). The number of benzene rings is 1. The fraction of sp³-hybridized carbons (Fsp3) is 0.500. The second kappa shape index (κ2) is 10.2. The smallest absolute Gasteiger partial charge is 0.413 e. The topological polar surface area (TPSA) is 73.2 Å². The summed E-state index contributed by atoms with van der Waals surface area (Å²) < 4.78 is 13.5. The molecule has 8 heteroatoms. The Balaban J connectivity index is 2.57. The van der Waals surface area contributed by atoms with Gasteiger partial charge in [0.05, 0.1) is 12.4 Å². The van der Waals surface area contributed by atoms with Gasteiger partial charge in [-0.25, -0.2) is 9.79 Å². The Morgan fingerprint density at radius 3 is 2.53 bits per heavy atom. The van der Waals surface area contributed by atoms with Crippen LogP contribution in [0.5, 0.6) is 0 Å². The van der Waals surface area contributed by atoms with Crippen LogP contribution in [0.25, 0.3) is 6.08 Å². The van der Waals surface area contributed by atoms with Crippen molar-refractivity contribution >= 4 is 45.5 Å². The molecule has 164 valence electrons. The summed E-state index contributed by atoms with van der Waals surface area (Å²) in [5.74, 6) is 0.0707. The van der Waals surface area contributed by atoms with Crippen molar-refractivity contribution in [3.05, 3.63) is 33.8 Å². The average molecular weight is 482 g/mol. The minimum atomic E-state index is -1.13. The maximum Gasteiger partial charge on any atom is 0.413 e. The quantitative estimate of drug-likeness (QED) is 0.570. The third-order valence-electron chi connectivity index (χ3n) is 4.66. The van der Waals surface area contributed by atoms with Crippen LogP contribution in [-0.2, 0) is 4.79 Å². The first-order valence-electron chi connectivity index (χ1n) is 10.0. The lowest BCUT2D eigenvalue weighted by Crippen LogP contribution is -2.49. The fourth-order valence-corrected chi connectivity index (χ4v) is 3.76. The predicted molar refractivity (Wildman–Crippen MR) is 121 cm³/mol. The molecule has 0 atom stereocenters. The van der Waals surface area contributed by atoms with Gasteiger partial charge in [0.1, 0.15) is 5.84 Å². The molecule has 0 saturated carbocycles. The van der Waals surface area contributed by atoms with Crippen molar-refractivity contribution in [2.24, 2.45) is 4.99 Å². The molecule has 30 heavy (non-hydrogen) atoms. The molecule has 0 aliphatic carbocycles. The molecule has 1 aliphatic rings. The highest BCUT2D eigenvalue weighted by atomic mass is 79.9. The first-order valence-corrected chi connectivity index (χ1v) is 10.8. The van der Waals surface area contributed by atoms with Crippen LogP contribution in [0.3, 0.4) is 0 Å². The van der Waals surface area contributed by atoms with Crippen LogP contribution in [0.4, 0.5) is 14.9 Å². The molecule has 0 spiro atoms. The van der Waals surface area contributed by atoms with Gasteiger partial charge in [-0.05, 0) is 51.8 Å². The van der Waals surface area contributed by atoms with E-state index >= 15 is 0 Å². The lowest BCUT2D eigenvalue weighted by Gasteiger charge is -2.34. The van der Waals surface area contributed by atoms with Gasteiger partial charge in [0, 0.05) is 40.7 Å². The van der Waals surface area contributed by atoms with Crippen molar-refractivity contribution in [3.63, 3.8) is 0 Å². The Labute approximate surface area is 185 Å². The third-order valence-corrected chi connectivity index (χ3v) is 5.15. The average Bonchev–Trinajstić information content (AvgIpc) is 2.82. The van der Waals surface area contributed by atoms with Gasteiger partial charge in [0.25, 0.3) is 0 Å². The predicted octanol–water partition coefficient (Wildman–Crippen LogP) is 5.64. The highest BCUT2D eigenvalue weighted by molar-refractivity contribution is 9.10. The second-order valence-electron chi connectivity index (χ2n) is 8.20. The number of halogens is 2. The van der Waals surface area contributed by atoms with Crippen molar-refractivity contribution in [2.45, 2.75) is 52.5 Å². The molecule has 1 N–H and O–H groups in total. The van der Waals surface area contributed by atoms with Crippen molar-refractivity contribution < 1.29 is 19.1 Å². The number of nitrogens with zero attached hydrogens (tertiary/aromatic N) is 3. The van der Waals surface area contributed by atoms with Crippen molar-refractivity contribution in [3.8, 4) is 0 Å². The number of amidine groups is 1. The van der Waals surface area contributed by atoms with E-state index in [4.69, 9.17) is 0 Å². The maximum atomic E-state index is 13.3. The minimum Gasteiger partial charge on any atom is -0.465 e. The van der Waals surface area contributed by atoms with E-state index in [0.717, 1.165) is 16.5 Å². The zero-order chi connectivity index (χ0) is 22.5. The highest BCUT2D eigenvalue weighted by Crippen LogP contribution is 2.32. The molecular formula is C22H29BrFN3O3. The van der Waals surface area contributed by atoms with Crippen LogP contribution >= 0.6 is 15.9 Å². The summed E-state index contributed by atoms with van der Waals surface area (Å²) in [5.41, 5.74) is 1.02. The van der Waals surface area contributed by atoms with Gasteiger partial charge in [0.15, 0.2) is 0 Å². The van der Waals surface area contributed by atoms with Crippen LogP contribution in [-0.4, -0.2) is 58.0 Å². The molecule has 1 aromatic carbocycles. The van der Waals surface area contributed by atoms with Gasteiger partial charge in [-0.3, -0.25) is 14.1 Å². The van der Waals surface area contributed by atoms with Gasteiger partial charge in [-0.1, -0.05) is 28.9 Å². The summed E-state index contributed by atoms with van der Waals surface area (Å²) in [6.07, 6.45) is 1.73. The summed E-state index contributed by atoms with van der Waals surface area (Å²) in [6, 6.07) is 5.49. The van der Waals surface area contributed by atoms with Crippen LogP contribution in [0.1, 0.15) is 52.5 Å². The Hall–Kier alpha value is -2.22. The Morgan fingerprint density at radius 2 is 1.97 bits per heavy atom. The van der Waals surface area contributed by atoms with Gasteiger partial charge in [-0.15, -0.1) is 0 Å². The molecule has 1 aliphatic heterocycles. The summed E-state index contributed by atoms with van der Waals surface area (Å²) in [4.78, 5) is 32.9. The molecule has 0 saturated heterocycles. The number of hydrogen-bond donors (Lipinski definition) is 1. The standard InChI is InChI=1S/C22H29BrFN3O3/c1-5-10-26(11-6-9-24)20(28)16-12-15-7-8-17(23)14-18(15)25-19(13-16)27(21(29)30)22(2,3)4/h7-8,12,14H,5-6,9-11,13H2,1-4H3,(H,29,30). The zero-order valence-corrected chi connectivity index (χ0v) is 19.5. The lowest BCUT2D eigenvalue weighted by molar-refractivity contribution is -0.127. The number of alkyl halides is 1. The fourth-order valence-electron chi connectivity index (χ4n) is 3.41. The number of amides is 2. The summed E-state index contributed by atoms with van der Waals surface area (Å²) in [7, 11) is 0. The first kappa shape index (κ1) is 24.1. The molecule has 1 aromatic rings. The van der Waals surface area contributed by atoms with E-state index in [2.05, 4.69) is 20.9 Å². The largest absolute Gasteiger partial charge is 0.465 e. The Kier molecular flexibility index (Phi) is 8.18. The van der Waals surface area contributed by atoms with E-state index in [9.17, 15) is 19.1 Å². The highest BCUT2D eigenvalue weighted by Gasteiger charge is 2.33. The van der Waals surface area contributed by atoms with Crippen LogP contribution < -0.4 is 0 Å². The maximum absolute atomic E-state index is 13.3. The number of carbonyl (C=O) groups excluding carboxylic acids is 1. The molecule has 0 radical (unpaired) electrons. The first-order chi connectivity index (χ1) is 14.1. The number of aliphatic imine (C=N–C) groups is 1. The third kappa shape index (κ3) is 5.90. The van der Waals surface area contributed by atoms with Gasteiger partial charge >= 0.3 is 6.09 Å². The minimum absolute atomic E-state index is 0.0740. The monoisotopic (exact) mass is 481 g/mol. The molecular weight excluding hydrogens is 453 g/mol. The van der Waals surface area contributed by atoms with E-state index in [1.807, 2.05) is 19.1 Å². The van der Waals surface area contributed by atoms with Gasteiger partial charge in [-0.2, -0.15) is 0 Å². The number of hydrogen-bond acceptors (Lipinski definition) is 3. The van der Waals surface area contributed by atoms with Gasteiger partial charge < -0.3 is 10.0 Å². The summed E-state index contributed by atoms with van der Waals surface area (Å²) in [5, 5.41) is 9.87.